The summed E-state index contributed by atoms with van der Waals surface area (Å²) < 4.78 is 5.44. The van der Waals surface area contributed by atoms with E-state index in [2.05, 4.69) is 0 Å². The van der Waals surface area contributed by atoms with Crippen molar-refractivity contribution in [1.82, 2.24) is 0 Å². The van der Waals surface area contributed by atoms with Gasteiger partial charge in [-0.2, -0.15) is 0 Å². The number of methoxy groups -OCH3 is 1. The quantitative estimate of drug-likeness (QED) is 0.883. The maximum Gasteiger partial charge on any atom is 0.238 e. The van der Waals surface area contributed by atoms with E-state index in [1.54, 1.807) is 18.9 Å². The molecule has 0 aromatic heterocycles. The van der Waals surface area contributed by atoms with Crippen LogP contribution in [0.25, 0.3) is 0 Å². The van der Waals surface area contributed by atoms with E-state index in [4.69, 9.17) is 10.5 Å². The molecule has 3 rings (SSSR count). The van der Waals surface area contributed by atoms with Gasteiger partial charge >= 0.3 is 0 Å². The van der Waals surface area contributed by atoms with Gasteiger partial charge in [0.15, 0.2) is 0 Å². The van der Waals surface area contributed by atoms with Crippen LogP contribution in [0.15, 0.2) is 42.5 Å². The molecule has 0 radical (unpaired) electrons. The number of hydrogen-bond acceptors (Lipinski definition) is 4. The number of carbonyl (C=O) groups is 1. The van der Waals surface area contributed by atoms with E-state index in [1.165, 1.54) is 0 Å². The minimum Gasteiger partial charge on any atom is -0.495 e. The lowest BCUT2D eigenvalue weighted by Gasteiger charge is -2.26. The fourth-order valence-electron chi connectivity index (χ4n) is 2.63. The zero-order chi connectivity index (χ0) is 15.7. The average Bonchev–Trinajstić information content (AvgIpc) is 2.89. The van der Waals surface area contributed by atoms with Gasteiger partial charge in [-0.25, -0.2) is 0 Å². The summed E-state index contributed by atoms with van der Waals surface area (Å²) in [5.74, 6) is 1.24. The second-order valence-electron chi connectivity index (χ2n) is 5.27. The van der Waals surface area contributed by atoms with Crippen molar-refractivity contribution in [3.05, 3.63) is 53.6 Å². The van der Waals surface area contributed by atoms with Crippen LogP contribution >= 0.6 is 11.8 Å². The van der Waals surface area contributed by atoms with E-state index < -0.39 is 0 Å². The van der Waals surface area contributed by atoms with Crippen molar-refractivity contribution in [3.63, 3.8) is 0 Å². The monoisotopic (exact) mass is 314 g/mol. The summed E-state index contributed by atoms with van der Waals surface area (Å²) in [7, 11) is 1.62. The number of ether oxygens (including phenoxy) is 1. The zero-order valence-electron chi connectivity index (χ0n) is 12.6. The van der Waals surface area contributed by atoms with Crippen molar-refractivity contribution in [1.29, 1.82) is 0 Å². The SMILES string of the molecule is COc1ccc(C)cc1N1C(=O)CS[C@@H]1c1cccc(N)c1. The van der Waals surface area contributed by atoms with Gasteiger partial charge in [0.2, 0.25) is 5.91 Å². The second kappa shape index (κ2) is 5.93. The van der Waals surface area contributed by atoms with E-state index >= 15 is 0 Å². The lowest BCUT2D eigenvalue weighted by molar-refractivity contribution is -0.115. The zero-order valence-corrected chi connectivity index (χ0v) is 13.4. The molecule has 0 bridgehead atoms. The largest absolute Gasteiger partial charge is 0.495 e. The molecule has 0 unspecified atom stereocenters. The molecule has 1 aliphatic rings. The van der Waals surface area contributed by atoms with Gasteiger partial charge in [-0.15, -0.1) is 11.8 Å². The van der Waals surface area contributed by atoms with Crippen LogP contribution in [0.3, 0.4) is 0 Å². The fourth-order valence-corrected chi connectivity index (χ4v) is 3.79. The van der Waals surface area contributed by atoms with Gasteiger partial charge in [0, 0.05) is 5.69 Å². The summed E-state index contributed by atoms with van der Waals surface area (Å²) >= 11 is 1.61. The van der Waals surface area contributed by atoms with Gasteiger partial charge < -0.3 is 10.5 Å². The molecule has 0 saturated carbocycles. The predicted octanol–water partition coefficient (Wildman–Crippen LogP) is 3.36. The Morgan fingerprint density at radius 3 is 2.82 bits per heavy atom. The van der Waals surface area contributed by atoms with Crippen molar-refractivity contribution in [3.8, 4) is 5.75 Å². The first-order chi connectivity index (χ1) is 10.6. The molecular formula is C17H18N2O2S. The van der Waals surface area contributed by atoms with Crippen LogP contribution in [0.1, 0.15) is 16.5 Å². The molecule has 4 nitrogen and oxygen atoms in total. The van der Waals surface area contributed by atoms with Crippen molar-refractivity contribution in [2.75, 3.05) is 23.5 Å². The summed E-state index contributed by atoms with van der Waals surface area (Å²) in [5.41, 5.74) is 9.52. The highest BCUT2D eigenvalue weighted by atomic mass is 32.2. The summed E-state index contributed by atoms with van der Waals surface area (Å²) in [6, 6.07) is 13.6. The molecule has 1 atom stereocenters. The number of thioether (sulfide) groups is 1. The Hall–Kier alpha value is -2.14. The molecule has 1 fully saturated rings. The highest BCUT2D eigenvalue weighted by Gasteiger charge is 2.35. The third-order valence-corrected chi connectivity index (χ3v) is 4.87. The number of nitrogen functional groups attached to an aromatic ring is 1. The number of anilines is 2. The Labute approximate surface area is 134 Å². The van der Waals surface area contributed by atoms with E-state index in [1.807, 2.05) is 54.3 Å². The fraction of sp³-hybridized carbons (Fsp3) is 0.235. The number of rotatable bonds is 3. The molecule has 2 aromatic rings. The highest BCUT2D eigenvalue weighted by Crippen LogP contribution is 2.45. The standard InChI is InChI=1S/C17H18N2O2S/c1-11-6-7-15(21-2)14(8-11)19-16(20)10-22-17(19)12-4-3-5-13(18)9-12/h3-9,17H,10,18H2,1-2H3/t17-/m1/s1. The Bertz CT molecular complexity index is 718. The summed E-state index contributed by atoms with van der Waals surface area (Å²) in [4.78, 5) is 14.3. The van der Waals surface area contributed by atoms with Gasteiger partial charge in [0.1, 0.15) is 11.1 Å². The molecule has 2 N–H and O–H groups in total. The molecule has 1 aliphatic heterocycles. The molecule has 0 aliphatic carbocycles. The van der Waals surface area contributed by atoms with Crippen LogP contribution in [0.5, 0.6) is 5.75 Å². The van der Waals surface area contributed by atoms with Crippen LogP contribution in [0.4, 0.5) is 11.4 Å². The molecule has 2 aromatic carbocycles. The molecule has 114 valence electrons. The molecule has 0 spiro atoms. The van der Waals surface area contributed by atoms with E-state index in [0.29, 0.717) is 17.2 Å². The van der Waals surface area contributed by atoms with E-state index in [0.717, 1.165) is 16.8 Å². The topological polar surface area (TPSA) is 55.6 Å². The number of benzene rings is 2. The first-order valence-electron chi connectivity index (χ1n) is 7.04. The Kier molecular flexibility index (Phi) is 3.98. The maximum atomic E-state index is 12.4. The third-order valence-electron chi connectivity index (χ3n) is 3.66. The molecule has 1 amide bonds. The van der Waals surface area contributed by atoms with Crippen LogP contribution < -0.4 is 15.4 Å². The minimum atomic E-state index is -0.0771. The molecule has 22 heavy (non-hydrogen) atoms. The van der Waals surface area contributed by atoms with Crippen LogP contribution in [-0.4, -0.2) is 18.8 Å². The van der Waals surface area contributed by atoms with E-state index in [-0.39, 0.29) is 11.3 Å². The van der Waals surface area contributed by atoms with Crippen LogP contribution in [0.2, 0.25) is 0 Å². The van der Waals surface area contributed by atoms with Crippen LogP contribution in [0, 0.1) is 6.92 Å². The normalized spacial score (nSPS) is 17.8. The average molecular weight is 314 g/mol. The minimum absolute atomic E-state index is 0.0771. The second-order valence-corrected chi connectivity index (χ2v) is 6.34. The Balaban J connectivity index is 2.07. The first-order valence-corrected chi connectivity index (χ1v) is 8.09. The van der Waals surface area contributed by atoms with Crippen molar-refractivity contribution in [2.45, 2.75) is 12.3 Å². The van der Waals surface area contributed by atoms with Crippen molar-refractivity contribution in [2.24, 2.45) is 0 Å². The van der Waals surface area contributed by atoms with Crippen molar-refractivity contribution >= 4 is 29.0 Å². The maximum absolute atomic E-state index is 12.4. The third kappa shape index (κ3) is 2.64. The molecule has 5 heteroatoms. The van der Waals surface area contributed by atoms with Gasteiger partial charge in [-0.1, -0.05) is 18.2 Å². The van der Waals surface area contributed by atoms with Crippen LogP contribution in [-0.2, 0) is 4.79 Å². The number of hydrogen-bond donors (Lipinski definition) is 1. The molecule has 1 saturated heterocycles. The summed E-state index contributed by atoms with van der Waals surface area (Å²) in [6.45, 7) is 2.01. The molecular weight excluding hydrogens is 296 g/mol. The number of amides is 1. The first kappa shape index (κ1) is 14.8. The Morgan fingerprint density at radius 1 is 1.27 bits per heavy atom. The van der Waals surface area contributed by atoms with Gasteiger partial charge in [-0.05, 0) is 42.3 Å². The lowest BCUT2D eigenvalue weighted by Crippen LogP contribution is -2.28. The number of nitrogens with zero attached hydrogens (tertiary/aromatic N) is 1. The smallest absolute Gasteiger partial charge is 0.238 e. The van der Waals surface area contributed by atoms with Gasteiger partial charge in [0.25, 0.3) is 0 Å². The molecule has 1 heterocycles. The van der Waals surface area contributed by atoms with Gasteiger partial charge in [0.05, 0.1) is 18.6 Å². The number of nitrogens with two attached hydrogens (primary N) is 1. The summed E-state index contributed by atoms with van der Waals surface area (Å²) in [5, 5.41) is -0.0771. The number of aryl methyl sites for hydroxylation is 1. The highest BCUT2D eigenvalue weighted by molar-refractivity contribution is 8.00. The van der Waals surface area contributed by atoms with E-state index in [9.17, 15) is 4.79 Å². The predicted molar refractivity (Wildman–Crippen MR) is 91.3 cm³/mol. The lowest BCUT2D eigenvalue weighted by atomic mass is 10.1. The van der Waals surface area contributed by atoms with Crippen molar-refractivity contribution < 1.29 is 9.53 Å². The van der Waals surface area contributed by atoms with Gasteiger partial charge in [-0.3, -0.25) is 9.69 Å². The Morgan fingerprint density at radius 2 is 2.09 bits per heavy atom. The number of carbonyl (C=O) groups excluding carboxylic acids is 1. The summed E-state index contributed by atoms with van der Waals surface area (Å²) in [6.07, 6.45) is 0.